The van der Waals surface area contributed by atoms with Gasteiger partial charge in [0.1, 0.15) is 12.2 Å². The summed E-state index contributed by atoms with van der Waals surface area (Å²) in [6, 6.07) is 1.17. The van der Waals surface area contributed by atoms with Gasteiger partial charge in [0.25, 0.3) is 5.56 Å². The van der Waals surface area contributed by atoms with Gasteiger partial charge in [-0.05, 0) is 32.8 Å². The summed E-state index contributed by atoms with van der Waals surface area (Å²) in [7, 11) is 0. The Morgan fingerprint density at radius 3 is 2.64 bits per heavy atom. The molecule has 0 aliphatic carbocycles. The summed E-state index contributed by atoms with van der Waals surface area (Å²) in [5, 5.41) is 20.6. The Kier molecular flexibility index (Phi) is 4.55. The Hall–Kier alpha value is -1.14. The minimum absolute atomic E-state index is 0.527. The van der Waals surface area contributed by atoms with Crippen LogP contribution in [0.2, 0.25) is 0 Å². The minimum Gasteiger partial charge on any atom is -0.387 e. The van der Waals surface area contributed by atoms with Gasteiger partial charge in [-0.1, -0.05) is 0 Å². The van der Waals surface area contributed by atoms with Crippen molar-refractivity contribution >= 4 is 13.2 Å². The average molecular weight is 330 g/mol. The third kappa shape index (κ3) is 3.43. The van der Waals surface area contributed by atoms with Gasteiger partial charge in [0.05, 0.1) is 5.60 Å². The fourth-order valence-electron chi connectivity index (χ4n) is 2.51. The number of nitrogens with one attached hydrogen (secondary N) is 1. The number of aromatic nitrogens is 2. The van der Waals surface area contributed by atoms with Crippen molar-refractivity contribution in [2.45, 2.75) is 37.4 Å². The Morgan fingerprint density at radius 1 is 1.45 bits per heavy atom. The van der Waals surface area contributed by atoms with Crippen LogP contribution in [0, 0.1) is 0 Å². The fourth-order valence-corrected chi connectivity index (χ4v) is 3.56. The van der Waals surface area contributed by atoms with Crippen LogP contribution in [0.1, 0.15) is 19.6 Å². The first-order valence-corrected chi connectivity index (χ1v) is 10.1. The molecule has 1 unspecified atom stereocenters. The molecule has 4 atom stereocenters. The van der Waals surface area contributed by atoms with E-state index in [4.69, 9.17) is 4.74 Å². The second-order valence-corrected chi connectivity index (χ2v) is 11.0. The lowest BCUT2D eigenvalue weighted by atomic mass is 9.95. The first-order chi connectivity index (χ1) is 10.0. The van der Waals surface area contributed by atoms with Gasteiger partial charge in [0.15, 0.2) is 6.23 Å². The van der Waals surface area contributed by atoms with E-state index in [0.717, 1.165) is 10.7 Å². The van der Waals surface area contributed by atoms with Gasteiger partial charge in [0.2, 0.25) is 0 Å². The molecular formula is C14H23N2O5P. The number of hydrogen-bond acceptors (Lipinski definition) is 5. The highest BCUT2D eigenvalue weighted by molar-refractivity contribution is 7.72. The maximum Gasteiger partial charge on any atom is 0.330 e. The molecule has 0 amide bonds. The molecule has 0 spiro atoms. The van der Waals surface area contributed by atoms with Gasteiger partial charge < -0.3 is 14.9 Å². The maximum absolute atomic E-state index is 11.8. The largest absolute Gasteiger partial charge is 0.387 e. The predicted molar refractivity (Wildman–Crippen MR) is 87.2 cm³/mol. The lowest BCUT2D eigenvalue weighted by Gasteiger charge is -2.29. The molecule has 22 heavy (non-hydrogen) atoms. The van der Waals surface area contributed by atoms with Crippen molar-refractivity contribution in [3.05, 3.63) is 33.1 Å². The second kappa shape index (κ2) is 5.81. The van der Waals surface area contributed by atoms with Crippen LogP contribution >= 0.6 is 6.89 Å². The van der Waals surface area contributed by atoms with E-state index in [2.05, 4.69) is 24.6 Å². The van der Waals surface area contributed by atoms with E-state index < -0.39 is 42.2 Å². The summed E-state index contributed by atoms with van der Waals surface area (Å²) in [4.78, 5) is 25.1. The van der Waals surface area contributed by atoms with Crippen LogP contribution in [0.15, 0.2) is 21.9 Å². The number of rotatable bonds is 4. The maximum atomic E-state index is 11.8. The van der Waals surface area contributed by atoms with E-state index in [1.807, 2.05) is 0 Å². The molecule has 1 aromatic rings. The van der Waals surface area contributed by atoms with Crippen LogP contribution in [-0.2, 0) is 4.74 Å². The second-order valence-electron chi connectivity index (χ2n) is 6.68. The smallest absolute Gasteiger partial charge is 0.330 e. The summed E-state index contributed by atoms with van der Waals surface area (Å²) >= 11 is 0. The first kappa shape index (κ1) is 17.2. The van der Waals surface area contributed by atoms with E-state index in [-0.39, 0.29) is 0 Å². The van der Waals surface area contributed by atoms with E-state index in [1.54, 1.807) is 6.92 Å². The van der Waals surface area contributed by atoms with Crippen molar-refractivity contribution in [1.82, 2.24) is 9.55 Å². The highest BCUT2D eigenvalue weighted by Crippen LogP contribution is 2.44. The van der Waals surface area contributed by atoms with Crippen molar-refractivity contribution < 1.29 is 14.9 Å². The van der Waals surface area contributed by atoms with Crippen LogP contribution in [0.4, 0.5) is 0 Å². The van der Waals surface area contributed by atoms with Crippen LogP contribution in [0.5, 0.6) is 0 Å². The summed E-state index contributed by atoms with van der Waals surface area (Å²) in [5.41, 5.74) is -2.17. The molecule has 1 fully saturated rings. The average Bonchev–Trinajstić information content (AvgIpc) is 2.61. The molecule has 7 nitrogen and oxygen atoms in total. The molecule has 124 valence electrons. The molecule has 0 radical (unpaired) electrons. The molecule has 0 saturated carbocycles. The highest BCUT2D eigenvalue weighted by Gasteiger charge is 2.51. The van der Waals surface area contributed by atoms with Gasteiger partial charge in [-0.15, -0.1) is 13.2 Å². The van der Waals surface area contributed by atoms with E-state index >= 15 is 0 Å². The number of ether oxygens (including phenoxy) is 1. The topological polar surface area (TPSA) is 105 Å². The summed E-state index contributed by atoms with van der Waals surface area (Å²) < 4.78 is 6.89. The molecule has 0 aromatic carbocycles. The molecule has 0 bridgehead atoms. The van der Waals surface area contributed by atoms with Gasteiger partial charge in [-0.25, -0.2) is 4.79 Å². The Balaban J connectivity index is 2.28. The molecular weight excluding hydrogens is 307 g/mol. The summed E-state index contributed by atoms with van der Waals surface area (Å²) in [5.74, 6) is 0. The van der Waals surface area contributed by atoms with Crippen LogP contribution in [-0.4, -0.2) is 63.4 Å². The lowest BCUT2D eigenvalue weighted by Crippen LogP contribution is -2.41. The van der Waals surface area contributed by atoms with Gasteiger partial charge in [0, 0.05) is 12.3 Å². The zero-order valence-corrected chi connectivity index (χ0v) is 13.9. The SMILES string of the molecule is C=P(C)(C)CC[C@@]1(C)OC(n2ccc(=O)[nH]c2=O)[C@H](O)[C@@H]1O. The summed E-state index contributed by atoms with van der Waals surface area (Å²) in [6.07, 6.45) is 3.30. The van der Waals surface area contributed by atoms with Gasteiger partial charge in [-0.2, -0.15) is 0 Å². The molecule has 3 N–H and O–H groups in total. The quantitative estimate of drug-likeness (QED) is 0.654. The van der Waals surface area contributed by atoms with Crippen LogP contribution in [0.25, 0.3) is 0 Å². The number of nitrogens with zero attached hydrogens (tertiary/aromatic N) is 1. The Bertz CT molecular complexity index is 706. The number of aliphatic hydroxyl groups excluding tert-OH is 2. The van der Waals surface area contributed by atoms with Crippen molar-refractivity contribution in [3.63, 3.8) is 0 Å². The Labute approximate surface area is 128 Å². The molecule has 1 aliphatic rings. The minimum atomic E-state index is -1.30. The molecule has 2 rings (SSSR count). The third-order valence-corrected chi connectivity index (χ3v) is 5.40. The zero-order valence-electron chi connectivity index (χ0n) is 13.0. The van der Waals surface area contributed by atoms with Crippen molar-refractivity contribution in [2.75, 3.05) is 19.5 Å². The number of aromatic amines is 1. The first-order valence-electron chi connectivity index (χ1n) is 7.06. The van der Waals surface area contributed by atoms with Crippen molar-refractivity contribution in [3.8, 4) is 0 Å². The monoisotopic (exact) mass is 330 g/mol. The van der Waals surface area contributed by atoms with Gasteiger partial charge >= 0.3 is 5.69 Å². The molecule has 1 aliphatic heterocycles. The van der Waals surface area contributed by atoms with E-state index in [1.165, 1.54) is 12.3 Å². The van der Waals surface area contributed by atoms with Gasteiger partial charge in [-0.3, -0.25) is 14.3 Å². The van der Waals surface area contributed by atoms with Crippen LogP contribution in [0.3, 0.4) is 0 Å². The standard InChI is InChI=1S/C14H23N2O5P/c1-14(6-8-22(2,3)4)11(19)10(18)12(21-14)16-7-5-9(17)15-13(16)20/h5,7,10-12,18-19H,2,6,8H2,1,3-4H3,(H,15,17,20)/t10-,11+,12?,14-/m1/s1. The van der Waals surface area contributed by atoms with Crippen LogP contribution < -0.4 is 11.2 Å². The molecule has 1 saturated heterocycles. The van der Waals surface area contributed by atoms with E-state index in [9.17, 15) is 19.8 Å². The zero-order chi connectivity index (χ0) is 16.7. The predicted octanol–water partition coefficient (Wildman–Crippen LogP) is -0.355. The molecule has 8 heteroatoms. The molecule has 2 heterocycles. The van der Waals surface area contributed by atoms with Crippen molar-refractivity contribution in [2.24, 2.45) is 0 Å². The third-order valence-electron chi connectivity index (χ3n) is 3.97. The summed E-state index contributed by atoms with van der Waals surface area (Å²) in [6.45, 7) is 4.57. The van der Waals surface area contributed by atoms with E-state index in [0.29, 0.717) is 6.42 Å². The fraction of sp³-hybridized carbons (Fsp3) is 0.643. The molecule has 1 aromatic heterocycles. The highest BCUT2D eigenvalue weighted by atomic mass is 31.2. The number of H-pyrrole nitrogens is 1. The lowest BCUT2D eigenvalue weighted by molar-refractivity contribution is -0.0953. The number of hydrogen-bond donors (Lipinski definition) is 3. The number of aliphatic hydroxyl groups is 2. The Morgan fingerprint density at radius 2 is 2.09 bits per heavy atom. The van der Waals surface area contributed by atoms with Crippen molar-refractivity contribution in [1.29, 1.82) is 0 Å². The normalized spacial score (nSPS) is 32.3.